The number of rotatable bonds is 7. The van der Waals surface area contributed by atoms with Crippen LogP contribution in [-0.2, 0) is 16.1 Å². The fourth-order valence-corrected chi connectivity index (χ4v) is 5.05. The number of ether oxygens (including phenoxy) is 2. The molecule has 1 rings (SSSR count). The third-order valence-electron chi connectivity index (χ3n) is 4.64. The Morgan fingerprint density at radius 2 is 1.92 bits per heavy atom. The Kier molecular flexibility index (Phi) is 7.30. The molecular weight excluding hydrogens is 439 g/mol. The maximum absolute atomic E-state index is 11.9. The molecule has 24 heavy (non-hydrogen) atoms. The van der Waals surface area contributed by atoms with E-state index < -0.39 is 13.8 Å². The Bertz CT molecular complexity index is 581. The molecule has 0 radical (unpaired) electrons. The lowest BCUT2D eigenvalue weighted by Crippen LogP contribution is -2.45. The molecular formula is C16H29IN2O4Si. The van der Waals surface area contributed by atoms with Crippen LogP contribution >= 0.6 is 22.6 Å². The number of hydrogen-bond acceptors (Lipinski definition) is 5. The lowest BCUT2D eigenvalue weighted by atomic mass is 10.2. The van der Waals surface area contributed by atoms with Gasteiger partial charge in [-0.15, -0.1) is 5.10 Å². The molecule has 0 aliphatic heterocycles. The van der Waals surface area contributed by atoms with E-state index in [-0.39, 0.29) is 17.6 Å². The molecule has 0 fully saturated rings. The minimum absolute atomic E-state index is 0.0136. The highest BCUT2D eigenvalue weighted by Crippen LogP contribution is 2.45. The summed E-state index contributed by atoms with van der Waals surface area (Å²) in [6.45, 7) is 15.1. The monoisotopic (exact) mass is 468 g/mol. The second kappa shape index (κ2) is 8.18. The number of esters is 1. The molecule has 138 valence electrons. The van der Waals surface area contributed by atoms with Crippen LogP contribution in [0.15, 0.2) is 0 Å². The first-order valence-corrected chi connectivity index (χ1v) is 12.4. The van der Waals surface area contributed by atoms with E-state index in [1.807, 2.05) is 6.92 Å². The third-order valence-corrected chi connectivity index (χ3v) is 11.2. The number of carbonyl (C=O) groups is 1. The average Bonchev–Trinajstić information content (AvgIpc) is 2.73. The molecule has 1 aromatic rings. The fourth-order valence-electron chi connectivity index (χ4n) is 2.12. The van der Waals surface area contributed by atoms with Gasteiger partial charge in [0, 0.05) is 0 Å². The van der Waals surface area contributed by atoms with Gasteiger partial charge in [-0.2, -0.15) is 0 Å². The molecule has 1 aromatic heterocycles. The lowest BCUT2D eigenvalue weighted by Gasteiger charge is -2.40. The van der Waals surface area contributed by atoms with Gasteiger partial charge in [0.05, 0.1) is 32.7 Å². The van der Waals surface area contributed by atoms with Crippen LogP contribution in [0.5, 0.6) is 5.88 Å². The van der Waals surface area contributed by atoms with Crippen molar-refractivity contribution >= 4 is 36.6 Å². The molecule has 1 heterocycles. The molecule has 0 bridgehead atoms. The van der Waals surface area contributed by atoms with E-state index in [4.69, 9.17) is 9.47 Å². The van der Waals surface area contributed by atoms with E-state index >= 15 is 0 Å². The van der Waals surface area contributed by atoms with Crippen LogP contribution in [0.1, 0.15) is 46.0 Å². The topological polar surface area (TPSA) is 73.6 Å². The molecule has 1 N–H and O–H groups in total. The van der Waals surface area contributed by atoms with Gasteiger partial charge in [0.15, 0.2) is 0 Å². The number of hydrogen-bond donors (Lipinski definition) is 1. The van der Waals surface area contributed by atoms with Gasteiger partial charge in [-0.05, 0) is 41.5 Å². The average molecular weight is 468 g/mol. The number of nitrogens with zero attached hydrogens (tertiary/aromatic N) is 2. The van der Waals surface area contributed by atoms with Gasteiger partial charge in [0.25, 0.3) is 0 Å². The fraction of sp³-hybridized carbons (Fsp3) is 0.750. The molecule has 0 amide bonds. The molecule has 8 heteroatoms. The molecule has 0 saturated carbocycles. The van der Waals surface area contributed by atoms with Gasteiger partial charge >= 0.3 is 5.97 Å². The van der Waals surface area contributed by atoms with Crippen molar-refractivity contribution in [1.82, 2.24) is 9.78 Å². The highest BCUT2D eigenvalue weighted by Gasteiger charge is 2.45. The first kappa shape index (κ1) is 21.4. The predicted molar refractivity (Wildman–Crippen MR) is 105 cm³/mol. The summed E-state index contributed by atoms with van der Waals surface area (Å²) in [6.07, 6.45) is 0. The minimum Gasteiger partial charge on any atom is -0.476 e. The highest BCUT2D eigenvalue weighted by atomic mass is 127. The molecule has 1 atom stereocenters. The Labute approximate surface area is 159 Å². The maximum Gasteiger partial charge on any atom is 0.327 e. The Morgan fingerprint density at radius 3 is 2.38 bits per heavy atom. The van der Waals surface area contributed by atoms with Crippen LogP contribution in [0.2, 0.25) is 18.1 Å². The summed E-state index contributed by atoms with van der Waals surface area (Å²) < 4.78 is 12.9. The predicted octanol–water partition coefficient (Wildman–Crippen LogP) is 3.53. The van der Waals surface area contributed by atoms with Crippen LogP contribution in [0, 0.1) is 3.57 Å². The van der Waals surface area contributed by atoms with Crippen LogP contribution in [0.4, 0.5) is 0 Å². The van der Waals surface area contributed by atoms with Crippen LogP contribution < -0.4 is 4.74 Å². The van der Waals surface area contributed by atoms with Crippen molar-refractivity contribution in [3.8, 4) is 5.88 Å². The summed E-state index contributed by atoms with van der Waals surface area (Å²) in [6, 6.07) is 0. The quantitative estimate of drug-likeness (QED) is 0.377. The normalized spacial score (nSPS) is 13.7. The van der Waals surface area contributed by atoms with Crippen molar-refractivity contribution in [3.05, 3.63) is 9.26 Å². The number of aliphatic hydroxyl groups excluding tert-OH is 1. The summed E-state index contributed by atoms with van der Waals surface area (Å²) in [4.78, 5) is 11.9. The zero-order valence-electron chi connectivity index (χ0n) is 15.6. The van der Waals surface area contributed by atoms with Crippen LogP contribution in [0.25, 0.3) is 0 Å². The third kappa shape index (κ3) is 4.51. The van der Waals surface area contributed by atoms with Gasteiger partial charge in [-0.1, -0.05) is 33.9 Å². The Balaban J connectivity index is 3.35. The van der Waals surface area contributed by atoms with Gasteiger partial charge in [-0.3, -0.25) is 9.48 Å². The smallest absolute Gasteiger partial charge is 0.327 e. The summed E-state index contributed by atoms with van der Waals surface area (Å²) in [5.41, 5.74) is -0.0146. The van der Waals surface area contributed by atoms with Crippen molar-refractivity contribution in [2.75, 3.05) is 13.2 Å². The van der Waals surface area contributed by atoms with Crippen molar-refractivity contribution in [1.29, 1.82) is 0 Å². The minimum atomic E-state index is -2.11. The first-order chi connectivity index (χ1) is 11.0. The molecule has 0 aliphatic rings. The van der Waals surface area contributed by atoms with Gasteiger partial charge < -0.3 is 14.6 Å². The van der Waals surface area contributed by atoms with Crippen molar-refractivity contribution in [3.63, 3.8) is 0 Å². The number of aliphatic hydroxyl groups is 1. The van der Waals surface area contributed by atoms with E-state index in [1.165, 1.54) is 4.68 Å². The van der Waals surface area contributed by atoms with Crippen LogP contribution in [0.3, 0.4) is 0 Å². The van der Waals surface area contributed by atoms with Gasteiger partial charge in [0.2, 0.25) is 5.88 Å². The summed E-state index contributed by atoms with van der Waals surface area (Å²) in [5, 5.41) is 15.5. The Hall–Kier alpha value is -0.613. The van der Waals surface area contributed by atoms with Crippen molar-refractivity contribution in [2.45, 2.75) is 65.0 Å². The van der Waals surface area contributed by atoms with E-state index in [9.17, 15) is 9.90 Å². The van der Waals surface area contributed by atoms with Gasteiger partial charge in [0.1, 0.15) is 10.1 Å². The molecule has 0 aromatic carbocycles. The molecule has 0 spiro atoms. The summed E-state index contributed by atoms with van der Waals surface area (Å²) in [5.74, 6) is 0.0817. The highest BCUT2D eigenvalue weighted by molar-refractivity contribution is 14.1. The van der Waals surface area contributed by atoms with Crippen LogP contribution in [-0.4, -0.2) is 42.1 Å². The molecule has 1 unspecified atom stereocenters. The summed E-state index contributed by atoms with van der Waals surface area (Å²) in [7, 11) is -2.11. The summed E-state index contributed by atoms with van der Waals surface area (Å²) >= 11 is 2.14. The Morgan fingerprint density at radius 1 is 1.33 bits per heavy atom. The number of halogens is 1. The second-order valence-electron chi connectivity index (χ2n) is 7.27. The van der Waals surface area contributed by atoms with E-state index in [0.717, 1.165) is 3.57 Å². The zero-order chi connectivity index (χ0) is 18.7. The zero-order valence-corrected chi connectivity index (χ0v) is 18.8. The second-order valence-corrected chi connectivity index (χ2v) is 13.8. The van der Waals surface area contributed by atoms with Gasteiger partial charge in [-0.25, -0.2) is 0 Å². The van der Waals surface area contributed by atoms with E-state index in [2.05, 4.69) is 61.6 Å². The van der Waals surface area contributed by atoms with Crippen molar-refractivity contribution in [2.24, 2.45) is 0 Å². The number of aromatic nitrogens is 2. The lowest BCUT2D eigenvalue weighted by molar-refractivity contribution is -0.144. The number of carbonyl (C=O) groups excluding carboxylic acids is 1. The standard InChI is InChI=1S/C16H29IN2O4Si/c1-8-22-11(20)10-19-13(12(17)14(18-19)23-9-2)15(21)24(6,7)16(3,4)5/h15,21H,8-10H2,1-7H3. The maximum atomic E-state index is 11.9. The van der Waals surface area contributed by atoms with E-state index in [1.54, 1.807) is 6.92 Å². The van der Waals surface area contributed by atoms with Crippen molar-refractivity contribution < 1.29 is 19.4 Å². The molecule has 0 saturated heterocycles. The SMILES string of the molecule is CCOC(=O)Cn1nc(OCC)c(I)c1C(O)[Si](C)(C)C(C)(C)C. The van der Waals surface area contributed by atoms with E-state index in [0.29, 0.717) is 24.8 Å². The molecule has 6 nitrogen and oxygen atoms in total. The largest absolute Gasteiger partial charge is 0.476 e. The molecule has 0 aliphatic carbocycles. The first-order valence-electron chi connectivity index (χ1n) is 8.20.